The molecule has 1 saturated heterocycles. The van der Waals surface area contributed by atoms with E-state index in [2.05, 4.69) is 0 Å². The molecule has 1 aliphatic rings. The molecule has 0 aromatic carbocycles. The monoisotopic (exact) mass is 464 g/mol. The maximum Gasteiger partial charge on any atom is 0.474 e. The van der Waals surface area contributed by atoms with E-state index in [9.17, 15) is 14.2 Å². The highest BCUT2D eigenvalue weighted by Gasteiger charge is 2.45. The zero-order chi connectivity index (χ0) is 18.8. The van der Waals surface area contributed by atoms with Gasteiger partial charge in [-0.15, -0.1) is 34.8 Å². The molecule has 0 amide bonds. The first-order valence-corrected chi connectivity index (χ1v) is 11.7. The van der Waals surface area contributed by atoms with Crippen molar-refractivity contribution in [1.82, 2.24) is 0 Å². The van der Waals surface area contributed by atoms with Crippen molar-refractivity contribution in [1.29, 1.82) is 0 Å². The van der Waals surface area contributed by atoms with Crippen LogP contribution in [0.2, 0.25) is 0 Å². The molecule has 0 spiro atoms. The summed E-state index contributed by atoms with van der Waals surface area (Å²) in [5, 5.41) is 9.63. The molecular weight excluding hydrogens is 444 g/mol. The Kier molecular flexibility index (Phi) is 11.4. The zero-order valence-electron chi connectivity index (χ0n) is 13.3. The molecular formula is C11H21Cl3O9P2. The van der Waals surface area contributed by atoms with E-state index in [1.165, 1.54) is 0 Å². The lowest BCUT2D eigenvalue weighted by Crippen LogP contribution is -2.43. The Morgan fingerprint density at radius 3 is 1.96 bits per heavy atom. The van der Waals surface area contributed by atoms with Crippen LogP contribution in [0, 0.1) is 5.41 Å². The van der Waals surface area contributed by atoms with Gasteiger partial charge in [0.2, 0.25) is 0 Å². The van der Waals surface area contributed by atoms with Gasteiger partial charge < -0.3 is 5.11 Å². The third-order valence-corrected chi connectivity index (χ3v) is 6.20. The number of halogens is 3. The van der Waals surface area contributed by atoms with Crippen LogP contribution >= 0.6 is 50.4 Å². The highest BCUT2D eigenvalue weighted by Crippen LogP contribution is 2.56. The van der Waals surface area contributed by atoms with Crippen molar-refractivity contribution < 1.29 is 41.4 Å². The predicted octanol–water partition coefficient (Wildman–Crippen LogP) is 3.01. The molecule has 1 rings (SSSR count). The Morgan fingerprint density at radius 2 is 1.52 bits per heavy atom. The largest absolute Gasteiger partial charge is 0.474 e. The summed E-state index contributed by atoms with van der Waals surface area (Å²) in [5.41, 5.74) is -1.12. The molecule has 0 aliphatic carbocycles. The first kappa shape index (κ1) is 24.1. The number of hydrogen-bond donors (Lipinski definition) is 1. The van der Waals surface area contributed by atoms with E-state index in [0.29, 0.717) is 0 Å². The molecule has 0 atom stereocenters. The summed E-state index contributed by atoms with van der Waals surface area (Å²) >= 11 is 16.5. The van der Waals surface area contributed by atoms with Crippen LogP contribution in [0.25, 0.3) is 0 Å². The molecule has 0 aromatic rings. The van der Waals surface area contributed by atoms with Gasteiger partial charge in [-0.25, -0.2) is 9.13 Å². The van der Waals surface area contributed by atoms with Gasteiger partial charge in [-0.3, -0.25) is 27.1 Å². The van der Waals surface area contributed by atoms with Crippen molar-refractivity contribution in [2.75, 3.05) is 63.9 Å². The summed E-state index contributed by atoms with van der Waals surface area (Å²) in [6.07, 6.45) is 0. The van der Waals surface area contributed by atoms with Crippen LogP contribution < -0.4 is 0 Å². The lowest BCUT2D eigenvalue weighted by atomic mass is 9.93. The summed E-state index contributed by atoms with van der Waals surface area (Å²) in [6, 6.07) is 0. The van der Waals surface area contributed by atoms with Gasteiger partial charge in [0.05, 0.1) is 51.7 Å². The lowest BCUT2D eigenvalue weighted by molar-refractivity contribution is -0.0703. The fourth-order valence-electron chi connectivity index (χ4n) is 1.57. The molecule has 0 saturated carbocycles. The standard InChI is InChI=1S/C11H21Cl3O9P2/c12-1-4-18-24(16,19-5-2-13)21-8-11(7-15)9-22-25(17,23-10-11)20-6-3-14/h15H,1-10H2. The Labute approximate surface area is 161 Å². The third kappa shape index (κ3) is 8.30. The van der Waals surface area contributed by atoms with Gasteiger partial charge in [0.1, 0.15) is 0 Å². The molecule has 150 valence electrons. The molecule has 0 aromatic heterocycles. The van der Waals surface area contributed by atoms with Crippen LogP contribution in [0.5, 0.6) is 0 Å². The molecule has 9 nitrogen and oxygen atoms in total. The van der Waals surface area contributed by atoms with Crippen LogP contribution in [-0.2, 0) is 36.3 Å². The van der Waals surface area contributed by atoms with Crippen molar-refractivity contribution in [3.63, 3.8) is 0 Å². The highest BCUT2D eigenvalue weighted by atomic mass is 35.5. The van der Waals surface area contributed by atoms with Gasteiger partial charge in [0.15, 0.2) is 0 Å². The predicted molar refractivity (Wildman–Crippen MR) is 92.6 cm³/mol. The maximum atomic E-state index is 12.5. The van der Waals surface area contributed by atoms with Gasteiger partial charge in [0.25, 0.3) is 0 Å². The SMILES string of the molecule is O=P(OCCCl)(OCCCl)OCC1(CO)COP(=O)(OCCCl)OC1. The molecule has 1 heterocycles. The first-order chi connectivity index (χ1) is 11.9. The van der Waals surface area contributed by atoms with Crippen molar-refractivity contribution >= 4 is 50.4 Å². The molecule has 1 N–H and O–H groups in total. The minimum atomic E-state index is -3.93. The van der Waals surface area contributed by atoms with E-state index in [-0.39, 0.29) is 57.3 Å². The number of phosphoric acid groups is 2. The number of aliphatic hydroxyl groups excluding tert-OH is 1. The van der Waals surface area contributed by atoms with E-state index in [1.807, 2.05) is 0 Å². The highest BCUT2D eigenvalue weighted by molar-refractivity contribution is 7.48. The first-order valence-electron chi connectivity index (χ1n) is 7.22. The number of hydrogen-bond acceptors (Lipinski definition) is 9. The van der Waals surface area contributed by atoms with Crippen LogP contribution in [0.4, 0.5) is 0 Å². The average molecular weight is 466 g/mol. The topological polar surface area (TPSA) is 110 Å². The molecule has 0 unspecified atom stereocenters. The van der Waals surface area contributed by atoms with Crippen LogP contribution in [0.3, 0.4) is 0 Å². The van der Waals surface area contributed by atoms with E-state index in [1.54, 1.807) is 0 Å². The quantitative estimate of drug-likeness (QED) is 0.324. The van der Waals surface area contributed by atoms with Gasteiger partial charge in [-0.1, -0.05) is 0 Å². The van der Waals surface area contributed by atoms with E-state index < -0.39 is 27.7 Å². The van der Waals surface area contributed by atoms with E-state index >= 15 is 0 Å². The maximum absolute atomic E-state index is 12.5. The number of rotatable bonds is 13. The molecule has 14 heteroatoms. The second-order valence-electron chi connectivity index (χ2n) is 4.94. The Morgan fingerprint density at radius 1 is 1.00 bits per heavy atom. The summed E-state index contributed by atoms with van der Waals surface area (Å²) in [4.78, 5) is 0. The van der Waals surface area contributed by atoms with Crippen LogP contribution in [0.15, 0.2) is 0 Å². The summed E-state index contributed by atoms with van der Waals surface area (Å²) in [7, 11) is -7.67. The number of alkyl halides is 3. The van der Waals surface area contributed by atoms with Gasteiger partial charge >= 0.3 is 15.6 Å². The average Bonchev–Trinajstić information content (AvgIpc) is 2.63. The fraction of sp³-hybridized carbons (Fsp3) is 1.00. The fourth-order valence-corrected chi connectivity index (χ4v) is 4.81. The summed E-state index contributed by atoms with van der Waals surface area (Å²) in [6.45, 7) is -1.34. The van der Waals surface area contributed by atoms with Crippen LogP contribution in [-0.4, -0.2) is 69.0 Å². The molecule has 0 radical (unpaired) electrons. The molecule has 1 fully saturated rings. The van der Waals surface area contributed by atoms with Crippen molar-refractivity contribution in [3.8, 4) is 0 Å². The normalized spacial score (nSPS) is 27.5. The van der Waals surface area contributed by atoms with Crippen molar-refractivity contribution in [2.24, 2.45) is 5.41 Å². The summed E-state index contributed by atoms with van der Waals surface area (Å²) < 4.78 is 55.0. The Balaban J connectivity index is 2.64. The zero-order valence-corrected chi connectivity index (χ0v) is 17.4. The minimum absolute atomic E-state index is 0.0187. The third-order valence-electron chi connectivity index (χ3n) is 2.90. The van der Waals surface area contributed by atoms with Gasteiger partial charge in [0, 0.05) is 17.6 Å². The second-order valence-corrected chi connectivity index (χ2v) is 9.41. The van der Waals surface area contributed by atoms with E-state index in [0.717, 1.165) is 0 Å². The van der Waals surface area contributed by atoms with Gasteiger partial charge in [-0.2, -0.15) is 0 Å². The minimum Gasteiger partial charge on any atom is -0.396 e. The van der Waals surface area contributed by atoms with Gasteiger partial charge in [-0.05, 0) is 0 Å². The molecule has 25 heavy (non-hydrogen) atoms. The number of aliphatic hydroxyl groups is 1. The Hall–Kier alpha value is 1.05. The second kappa shape index (κ2) is 11.8. The number of phosphoric ester groups is 2. The van der Waals surface area contributed by atoms with Crippen molar-refractivity contribution in [2.45, 2.75) is 0 Å². The molecule has 1 aliphatic heterocycles. The Bertz CT molecular complexity index is 458. The molecule has 0 bridgehead atoms. The van der Waals surface area contributed by atoms with Crippen LogP contribution in [0.1, 0.15) is 0 Å². The van der Waals surface area contributed by atoms with Crippen molar-refractivity contribution in [3.05, 3.63) is 0 Å². The smallest absolute Gasteiger partial charge is 0.396 e. The van der Waals surface area contributed by atoms with E-state index in [4.69, 9.17) is 61.9 Å². The summed E-state index contributed by atoms with van der Waals surface area (Å²) in [5.74, 6) is 0.274. The lowest BCUT2D eigenvalue weighted by Gasteiger charge is -2.37.